The molecular weight excluding hydrogens is 328 g/mol. The van der Waals surface area contributed by atoms with E-state index >= 15 is 0 Å². The lowest BCUT2D eigenvalue weighted by Crippen LogP contribution is -2.03. The van der Waals surface area contributed by atoms with Gasteiger partial charge in [0.25, 0.3) is 0 Å². The lowest BCUT2D eigenvalue weighted by Gasteiger charge is -2.11. The minimum atomic E-state index is -0.623. The quantitative estimate of drug-likeness (QED) is 0.873. The zero-order valence-corrected chi connectivity index (χ0v) is 12.7. The van der Waals surface area contributed by atoms with E-state index < -0.39 is 11.6 Å². The minimum Gasteiger partial charge on any atom is -0.496 e. The number of nitrogens with one attached hydrogen (secondary N) is 1. The largest absolute Gasteiger partial charge is 0.496 e. The van der Waals surface area contributed by atoms with E-state index in [-0.39, 0.29) is 5.69 Å². The van der Waals surface area contributed by atoms with Crippen molar-refractivity contribution in [2.45, 2.75) is 13.5 Å². The van der Waals surface area contributed by atoms with Crippen LogP contribution in [0.1, 0.15) is 11.1 Å². The fourth-order valence-electron chi connectivity index (χ4n) is 1.95. The van der Waals surface area contributed by atoms with Crippen molar-refractivity contribution in [1.82, 2.24) is 0 Å². The highest BCUT2D eigenvalue weighted by atomic mass is 79.9. The van der Waals surface area contributed by atoms with E-state index in [1.807, 2.05) is 25.1 Å². The fraction of sp³-hybridized carbons (Fsp3) is 0.200. The maximum atomic E-state index is 13.7. The first-order chi connectivity index (χ1) is 9.51. The van der Waals surface area contributed by atoms with Gasteiger partial charge in [-0.2, -0.15) is 0 Å². The Kier molecular flexibility index (Phi) is 4.60. The van der Waals surface area contributed by atoms with Gasteiger partial charge in [-0.15, -0.1) is 0 Å². The second-order valence-corrected chi connectivity index (χ2v) is 5.26. The van der Waals surface area contributed by atoms with Crippen molar-refractivity contribution >= 4 is 21.6 Å². The number of anilines is 1. The lowest BCUT2D eigenvalue weighted by atomic mass is 10.1. The van der Waals surface area contributed by atoms with E-state index in [9.17, 15) is 8.78 Å². The molecule has 0 aliphatic rings. The molecule has 20 heavy (non-hydrogen) atoms. The molecule has 0 amide bonds. The van der Waals surface area contributed by atoms with E-state index in [1.165, 1.54) is 6.07 Å². The fourth-order valence-corrected chi connectivity index (χ4v) is 2.50. The summed E-state index contributed by atoms with van der Waals surface area (Å²) in [5.74, 6) is -0.426. The molecule has 0 spiro atoms. The van der Waals surface area contributed by atoms with E-state index in [1.54, 1.807) is 7.11 Å². The smallest absolute Gasteiger partial charge is 0.150 e. The predicted molar refractivity (Wildman–Crippen MR) is 79.1 cm³/mol. The summed E-state index contributed by atoms with van der Waals surface area (Å²) in [5, 5.41) is 2.96. The Morgan fingerprint density at radius 2 is 1.95 bits per heavy atom. The van der Waals surface area contributed by atoms with Crippen LogP contribution in [0.5, 0.6) is 5.75 Å². The summed E-state index contributed by atoms with van der Waals surface area (Å²) in [6.45, 7) is 2.38. The monoisotopic (exact) mass is 341 g/mol. The molecule has 0 atom stereocenters. The highest BCUT2D eigenvalue weighted by molar-refractivity contribution is 9.10. The van der Waals surface area contributed by atoms with Gasteiger partial charge >= 0.3 is 0 Å². The summed E-state index contributed by atoms with van der Waals surface area (Å²) in [5.41, 5.74) is 2.24. The van der Waals surface area contributed by atoms with Crippen molar-refractivity contribution in [3.05, 3.63) is 57.6 Å². The van der Waals surface area contributed by atoms with Gasteiger partial charge in [-0.25, -0.2) is 8.78 Å². The van der Waals surface area contributed by atoms with Gasteiger partial charge in [0.05, 0.1) is 12.8 Å². The third kappa shape index (κ3) is 3.28. The minimum absolute atomic E-state index is 0.250. The van der Waals surface area contributed by atoms with Crippen LogP contribution in [0.15, 0.2) is 34.8 Å². The van der Waals surface area contributed by atoms with Gasteiger partial charge < -0.3 is 10.1 Å². The molecule has 2 rings (SSSR count). The summed E-state index contributed by atoms with van der Waals surface area (Å²) in [6.07, 6.45) is 0. The zero-order valence-electron chi connectivity index (χ0n) is 11.1. The maximum Gasteiger partial charge on any atom is 0.150 e. The van der Waals surface area contributed by atoms with Crippen molar-refractivity contribution in [3.8, 4) is 5.75 Å². The molecule has 0 radical (unpaired) electrons. The van der Waals surface area contributed by atoms with Gasteiger partial charge in [-0.1, -0.05) is 12.1 Å². The van der Waals surface area contributed by atoms with Crippen LogP contribution in [0.2, 0.25) is 0 Å². The molecule has 0 saturated heterocycles. The number of hydrogen-bond donors (Lipinski definition) is 1. The topological polar surface area (TPSA) is 21.3 Å². The SMILES string of the molecule is COc1ccc(CNc2c(F)cc(F)cc2Br)cc1C. The molecule has 2 nitrogen and oxygen atoms in total. The standard InChI is InChI=1S/C15H14BrF2NO/c1-9-5-10(3-4-14(9)20-2)8-19-15-12(16)6-11(17)7-13(15)18/h3-7,19H,8H2,1-2H3. The average Bonchev–Trinajstić information content (AvgIpc) is 2.37. The summed E-state index contributed by atoms with van der Waals surface area (Å²) in [6, 6.07) is 7.80. The van der Waals surface area contributed by atoms with E-state index in [0.29, 0.717) is 11.0 Å². The molecule has 0 heterocycles. The molecule has 0 unspecified atom stereocenters. The Labute approximate surface area is 124 Å². The van der Waals surface area contributed by atoms with Gasteiger partial charge in [-0.3, -0.25) is 0 Å². The molecule has 0 aromatic heterocycles. The number of hydrogen-bond acceptors (Lipinski definition) is 2. The third-order valence-electron chi connectivity index (χ3n) is 2.94. The van der Waals surface area contributed by atoms with Gasteiger partial charge in [-0.05, 0) is 46.1 Å². The van der Waals surface area contributed by atoms with Crippen molar-refractivity contribution in [2.24, 2.45) is 0 Å². The van der Waals surface area contributed by atoms with Gasteiger partial charge in [0, 0.05) is 17.1 Å². The molecule has 0 saturated carbocycles. The van der Waals surface area contributed by atoms with Crippen LogP contribution in [-0.2, 0) is 6.54 Å². The van der Waals surface area contributed by atoms with E-state index in [0.717, 1.165) is 22.9 Å². The zero-order chi connectivity index (χ0) is 14.7. The molecule has 1 N–H and O–H groups in total. The van der Waals surface area contributed by atoms with Crippen molar-refractivity contribution in [3.63, 3.8) is 0 Å². The summed E-state index contributed by atoms with van der Waals surface area (Å²) >= 11 is 3.15. The van der Waals surface area contributed by atoms with Crippen molar-refractivity contribution in [2.75, 3.05) is 12.4 Å². The average molecular weight is 342 g/mol. The predicted octanol–water partition coefficient (Wildman–Crippen LogP) is 4.66. The normalized spacial score (nSPS) is 10.4. The van der Waals surface area contributed by atoms with Crippen LogP contribution >= 0.6 is 15.9 Å². The Bertz CT molecular complexity index is 608. The number of ether oxygens (including phenoxy) is 1. The Hall–Kier alpha value is -1.62. The third-order valence-corrected chi connectivity index (χ3v) is 3.56. The number of halogens is 3. The Morgan fingerprint density at radius 1 is 1.20 bits per heavy atom. The van der Waals surface area contributed by atoms with Crippen molar-refractivity contribution in [1.29, 1.82) is 0 Å². The Morgan fingerprint density at radius 3 is 2.55 bits per heavy atom. The van der Waals surface area contributed by atoms with E-state index in [2.05, 4.69) is 21.2 Å². The highest BCUT2D eigenvalue weighted by Crippen LogP contribution is 2.27. The molecule has 0 aliphatic carbocycles. The molecule has 106 valence electrons. The van der Waals surface area contributed by atoms with Crippen molar-refractivity contribution < 1.29 is 13.5 Å². The van der Waals surface area contributed by atoms with Crippen LogP contribution in [0.25, 0.3) is 0 Å². The number of methoxy groups -OCH3 is 1. The molecule has 2 aromatic carbocycles. The van der Waals surface area contributed by atoms with Crippen LogP contribution in [0, 0.1) is 18.6 Å². The highest BCUT2D eigenvalue weighted by Gasteiger charge is 2.09. The van der Waals surface area contributed by atoms with Crippen LogP contribution < -0.4 is 10.1 Å². The lowest BCUT2D eigenvalue weighted by molar-refractivity contribution is 0.411. The number of aryl methyl sites for hydroxylation is 1. The molecule has 2 aromatic rings. The molecule has 5 heteroatoms. The first-order valence-corrected chi connectivity index (χ1v) is 6.82. The molecule has 0 fully saturated rings. The van der Waals surface area contributed by atoms with Gasteiger partial charge in [0.15, 0.2) is 0 Å². The van der Waals surface area contributed by atoms with Crippen LogP contribution in [-0.4, -0.2) is 7.11 Å². The van der Waals surface area contributed by atoms with E-state index in [4.69, 9.17) is 4.74 Å². The number of benzene rings is 2. The van der Waals surface area contributed by atoms with Gasteiger partial charge in [0.2, 0.25) is 0 Å². The Balaban J connectivity index is 2.15. The van der Waals surface area contributed by atoms with Gasteiger partial charge in [0.1, 0.15) is 17.4 Å². The summed E-state index contributed by atoms with van der Waals surface area (Å²) < 4.78 is 32.2. The maximum absolute atomic E-state index is 13.7. The first kappa shape index (κ1) is 14.8. The summed E-state index contributed by atoms with van der Waals surface area (Å²) in [7, 11) is 1.62. The molecule has 0 bridgehead atoms. The second-order valence-electron chi connectivity index (χ2n) is 4.40. The molecular formula is C15H14BrF2NO. The second kappa shape index (κ2) is 6.22. The first-order valence-electron chi connectivity index (χ1n) is 6.03. The summed E-state index contributed by atoms with van der Waals surface area (Å²) in [4.78, 5) is 0. The van der Waals surface area contributed by atoms with Crippen LogP contribution in [0.3, 0.4) is 0 Å². The number of rotatable bonds is 4. The van der Waals surface area contributed by atoms with Crippen LogP contribution in [0.4, 0.5) is 14.5 Å². The molecule has 0 aliphatic heterocycles.